The van der Waals surface area contributed by atoms with Crippen LogP contribution in [0.3, 0.4) is 0 Å². The van der Waals surface area contributed by atoms with E-state index < -0.39 is 0 Å². The van der Waals surface area contributed by atoms with Gasteiger partial charge < -0.3 is 0 Å². The highest BCUT2D eigenvalue weighted by Gasteiger charge is 1.68. The molecule has 0 fully saturated rings. The predicted octanol–water partition coefficient (Wildman–Crippen LogP) is 3.64. The second kappa shape index (κ2) is 8.96. The van der Waals surface area contributed by atoms with E-state index in [4.69, 9.17) is 0 Å². The van der Waals surface area contributed by atoms with Crippen LogP contribution in [-0.2, 0) is 0 Å². The fraction of sp³-hybridized carbons (Fsp3) is 0.273. The lowest BCUT2D eigenvalue weighted by atomic mass is 10.3. The molecule has 0 heteroatoms. The molecule has 0 saturated carbocycles. The van der Waals surface area contributed by atoms with E-state index >= 15 is 0 Å². The maximum Gasteiger partial charge on any atom is -0.0350 e. The Hall–Kier alpha value is -1.04. The Bertz CT molecular complexity index is 159. The summed E-state index contributed by atoms with van der Waals surface area (Å²) in [5.74, 6) is 0. The fourth-order valence-corrected chi connectivity index (χ4v) is 0.612. The first-order valence-electron chi connectivity index (χ1n) is 4.02. The molecule has 0 aromatic rings. The summed E-state index contributed by atoms with van der Waals surface area (Å²) < 4.78 is 0. The lowest BCUT2D eigenvalue weighted by molar-refractivity contribution is 0.959. The van der Waals surface area contributed by atoms with E-state index in [1.165, 1.54) is 6.42 Å². The van der Waals surface area contributed by atoms with Gasteiger partial charge in [-0.25, -0.2) is 0 Å². The lowest BCUT2D eigenvalue weighted by Gasteiger charge is -1.79. The summed E-state index contributed by atoms with van der Waals surface area (Å²) in [6, 6.07) is 0. The molecule has 0 bridgehead atoms. The smallest absolute Gasteiger partial charge is 0.0350 e. The molecule has 0 aliphatic heterocycles. The second-order valence-electron chi connectivity index (χ2n) is 2.22. The molecule has 0 aromatic heterocycles. The summed E-state index contributed by atoms with van der Waals surface area (Å²) in [5.41, 5.74) is 0. The van der Waals surface area contributed by atoms with Crippen LogP contribution in [0.5, 0.6) is 0 Å². The summed E-state index contributed by atoms with van der Waals surface area (Å²) >= 11 is 0. The van der Waals surface area contributed by atoms with E-state index in [0.29, 0.717) is 0 Å². The van der Waals surface area contributed by atoms with Crippen molar-refractivity contribution in [1.82, 2.24) is 0 Å². The Morgan fingerprint density at radius 2 is 1.64 bits per heavy atom. The standard InChI is InChI=1S/C11H16/c1-3-5-7-9-11-10-8-6-4-2/h3,5,7-11H,1,4,6H2,2H3/b7-5-,10-8+,11-9-. The van der Waals surface area contributed by atoms with Crippen molar-refractivity contribution in [2.24, 2.45) is 0 Å². The SMILES string of the molecule is C=C\C=C/C=C\C=C\CCC. The number of unbranched alkanes of at least 4 members (excludes halogenated alkanes) is 1. The van der Waals surface area contributed by atoms with Crippen LogP contribution in [-0.4, -0.2) is 0 Å². The number of hydrogen-bond donors (Lipinski definition) is 0. The Labute approximate surface area is 69.6 Å². The molecule has 0 aliphatic carbocycles. The fourth-order valence-electron chi connectivity index (χ4n) is 0.612. The molecule has 60 valence electrons. The van der Waals surface area contributed by atoms with Gasteiger partial charge in [0.2, 0.25) is 0 Å². The van der Waals surface area contributed by atoms with E-state index in [9.17, 15) is 0 Å². The maximum absolute atomic E-state index is 3.57. The molecule has 0 amide bonds. The number of hydrogen-bond acceptors (Lipinski definition) is 0. The number of allylic oxidation sites excluding steroid dienone is 7. The molecule has 11 heavy (non-hydrogen) atoms. The van der Waals surface area contributed by atoms with Crippen molar-refractivity contribution < 1.29 is 0 Å². The molecule has 0 saturated heterocycles. The average molecular weight is 148 g/mol. The summed E-state index contributed by atoms with van der Waals surface area (Å²) in [6.07, 6.45) is 16.3. The normalized spacial score (nSPS) is 12.1. The lowest BCUT2D eigenvalue weighted by Crippen LogP contribution is -1.58. The first-order valence-corrected chi connectivity index (χ1v) is 4.02. The van der Waals surface area contributed by atoms with Crippen LogP contribution in [0, 0.1) is 0 Å². The monoisotopic (exact) mass is 148 g/mol. The van der Waals surface area contributed by atoms with Gasteiger partial charge in [-0.3, -0.25) is 0 Å². The van der Waals surface area contributed by atoms with E-state index in [1.807, 2.05) is 24.3 Å². The van der Waals surface area contributed by atoms with Crippen molar-refractivity contribution in [3.63, 3.8) is 0 Å². The van der Waals surface area contributed by atoms with Gasteiger partial charge in [-0.2, -0.15) is 0 Å². The van der Waals surface area contributed by atoms with Crippen molar-refractivity contribution in [1.29, 1.82) is 0 Å². The molecule has 0 spiro atoms. The topological polar surface area (TPSA) is 0 Å². The molecular weight excluding hydrogens is 132 g/mol. The minimum Gasteiger partial charge on any atom is -0.0991 e. The second-order valence-corrected chi connectivity index (χ2v) is 2.22. The van der Waals surface area contributed by atoms with Gasteiger partial charge in [0.1, 0.15) is 0 Å². The quantitative estimate of drug-likeness (QED) is 0.522. The highest BCUT2D eigenvalue weighted by molar-refractivity contribution is 5.14. The minimum absolute atomic E-state index is 1.16. The third-order valence-corrected chi connectivity index (χ3v) is 1.17. The molecule has 0 aliphatic rings. The molecule has 0 rings (SSSR count). The van der Waals surface area contributed by atoms with Crippen molar-refractivity contribution in [2.75, 3.05) is 0 Å². The van der Waals surface area contributed by atoms with E-state index in [2.05, 4.69) is 25.7 Å². The van der Waals surface area contributed by atoms with Gasteiger partial charge in [0.25, 0.3) is 0 Å². The van der Waals surface area contributed by atoms with Crippen molar-refractivity contribution >= 4 is 0 Å². The van der Waals surface area contributed by atoms with E-state index in [-0.39, 0.29) is 0 Å². The summed E-state index contributed by atoms with van der Waals surface area (Å²) in [7, 11) is 0. The van der Waals surface area contributed by atoms with Crippen molar-refractivity contribution in [3.05, 3.63) is 49.1 Å². The van der Waals surface area contributed by atoms with Gasteiger partial charge in [-0.05, 0) is 6.42 Å². The summed E-state index contributed by atoms with van der Waals surface area (Å²) in [6.45, 7) is 5.74. The zero-order valence-electron chi connectivity index (χ0n) is 7.16. The van der Waals surface area contributed by atoms with Gasteiger partial charge in [-0.1, -0.05) is 62.5 Å². The minimum atomic E-state index is 1.16. The first-order chi connectivity index (χ1) is 5.41. The van der Waals surface area contributed by atoms with Crippen LogP contribution >= 0.6 is 0 Å². The third kappa shape index (κ3) is 8.96. The van der Waals surface area contributed by atoms with Gasteiger partial charge >= 0.3 is 0 Å². The van der Waals surface area contributed by atoms with Crippen LogP contribution in [0.2, 0.25) is 0 Å². The van der Waals surface area contributed by atoms with E-state index in [0.717, 1.165) is 6.42 Å². The molecule has 0 heterocycles. The van der Waals surface area contributed by atoms with Crippen LogP contribution in [0.25, 0.3) is 0 Å². The summed E-state index contributed by atoms with van der Waals surface area (Å²) in [4.78, 5) is 0. The predicted molar refractivity (Wildman–Crippen MR) is 52.5 cm³/mol. The zero-order valence-corrected chi connectivity index (χ0v) is 7.16. The average Bonchev–Trinajstić information content (AvgIpc) is 2.03. The molecule has 0 unspecified atom stereocenters. The van der Waals surface area contributed by atoms with Gasteiger partial charge in [0, 0.05) is 0 Å². The molecule has 0 radical (unpaired) electrons. The Kier molecular flexibility index (Phi) is 8.11. The van der Waals surface area contributed by atoms with Gasteiger partial charge in [0.15, 0.2) is 0 Å². The molecule has 0 atom stereocenters. The Morgan fingerprint density at radius 3 is 2.27 bits per heavy atom. The van der Waals surface area contributed by atoms with E-state index in [1.54, 1.807) is 6.08 Å². The van der Waals surface area contributed by atoms with Crippen LogP contribution in [0.4, 0.5) is 0 Å². The zero-order chi connectivity index (χ0) is 8.36. The van der Waals surface area contributed by atoms with Gasteiger partial charge in [0.05, 0.1) is 0 Å². The number of rotatable bonds is 5. The van der Waals surface area contributed by atoms with Crippen molar-refractivity contribution in [3.8, 4) is 0 Å². The van der Waals surface area contributed by atoms with Crippen LogP contribution in [0.1, 0.15) is 19.8 Å². The third-order valence-electron chi connectivity index (χ3n) is 1.17. The van der Waals surface area contributed by atoms with Crippen LogP contribution < -0.4 is 0 Å². The highest BCUT2D eigenvalue weighted by Crippen LogP contribution is 1.88. The van der Waals surface area contributed by atoms with Crippen molar-refractivity contribution in [2.45, 2.75) is 19.8 Å². The Morgan fingerprint density at radius 1 is 1.00 bits per heavy atom. The molecular formula is C11H16. The highest BCUT2D eigenvalue weighted by atomic mass is 13.7. The first kappa shape index (κ1) is 9.96. The van der Waals surface area contributed by atoms with Crippen LogP contribution in [0.15, 0.2) is 49.1 Å². The molecule has 0 aromatic carbocycles. The largest absolute Gasteiger partial charge is 0.0991 e. The Balaban J connectivity index is 3.42. The maximum atomic E-state index is 3.57. The summed E-state index contributed by atoms with van der Waals surface area (Å²) in [5, 5.41) is 0. The molecule has 0 N–H and O–H groups in total. The molecule has 0 nitrogen and oxygen atoms in total. The van der Waals surface area contributed by atoms with Gasteiger partial charge in [-0.15, -0.1) is 0 Å².